The highest BCUT2D eigenvalue weighted by Crippen LogP contribution is 2.54. The Kier molecular flexibility index (Phi) is 1.49. The fourth-order valence-electron chi connectivity index (χ4n) is 2.51. The molecular weight excluding hydrogens is 174 g/mol. The summed E-state index contributed by atoms with van der Waals surface area (Å²) < 4.78 is 5.32. The lowest BCUT2D eigenvalue weighted by molar-refractivity contribution is 0.388. The van der Waals surface area contributed by atoms with Crippen molar-refractivity contribution in [1.82, 2.24) is 0 Å². The molecule has 74 valence electrons. The third kappa shape index (κ3) is 0.947. The van der Waals surface area contributed by atoms with Crippen molar-refractivity contribution in [2.45, 2.75) is 30.7 Å². The Hall–Kier alpha value is -1.02. The minimum atomic E-state index is 0.124. The van der Waals surface area contributed by atoms with E-state index in [-0.39, 0.29) is 5.54 Å². The predicted octanol–water partition coefficient (Wildman–Crippen LogP) is 1.83. The Labute approximate surface area is 84.1 Å². The Morgan fingerprint density at radius 2 is 2.21 bits per heavy atom. The van der Waals surface area contributed by atoms with E-state index in [2.05, 4.69) is 12.1 Å². The van der Waals surface area contributed by atoms with Gasteiger partial charge in [0, 0.05) is 11.5 Å². The van der Waals surface area contributed by atoms with Crippen LogP contribution in [0.25, 0.3) is 0 Å². The van der Waals surface area contributed by atoms with Crippen molar-refractivity contribution in [2.75, 3.05) is 7.11 Å². The largest absolute Gasteiger partial charge is 0.496 e. The van der Waals surface area contributed by atoms with Crippen LogP contribution in [-0.4, -0.2) is 12.6 Å². The second kappa shape index (κ2) is 2.51. The molecule has 0 aliphatic heterocycles. The van der Waals surface area contributed by atoms with Gasteiger partial charge < -0.3 is 10.5 Å². The minimum Gasteiger partial charge on any atom is -0.496 e. The molecule has 1 saturated carbocycles. The molecule has 1 aromatic rings. The molecule has 0 spiro atoms. The van der Waals surface area contributed by atoms with Gasteiger partial charge in [-0.3, -0.25) is 0 Å². The predicted molar refractivity (Wildman–Crippen MR) is 55.6 cm³/mol. The molecule has 1 unspecified atom stereocenters. The molecule has 2 N–H and O–H groups in total. The van der Waals surface area contributed by atoms with E-state index in [0.29, 0.717) is 5.92 Å². The molecule has 0 bridgehead atoms. The third-order valence-electron chi connectivity index (χ3n) is 3.69. The van der Waals surface area contributed by atoms with Gasteiger partial charge in [0.25, 0.3) is 0 Å². The average Bonchev–Trinajstić information content (AvgIpc) is 2.86. The van der Waals surface area contributed by atoms with E-state index < -0.39 is 0 Å². The number of hydrogen-bond donors (Lipinski definition) is 1. The summed E-state index contributed by atoms with van der Waals surface area (Å²) in [5, 5.41) is 0. The molecule has 2 nitrogen and oxygen atoms in total. The van der Waals surface area contributed by atoms with Gasteiger partial charge in [-0.2, -0.15) is 0 Å². The number of methoxy groups -OCH3 is 1. The van der Waals surface area contributed by atoms with Crippen molar-refractivity contribution >= 4 is 0 Å². The van der Waals surface area contributed by atoms with E-state index in [0.717, 1.165) is 12.2 Å². The highest BCUT2D eigenvalue weighted by Gasteiger charge is 2.50. The van der Waals surface area contributed by atoms with Crippen LogP contribution in [-0.2, 0) is 6.42 Å². The van der Waals surface area contributed by atoms with Crippen LogP contribution in [0.2, 0.25) is 0 Å². The van der Waals surface area contributed by atoms with Gasteiger partial charge in [-0.1, -0.05) is 12.1 Å². The van der Waals surface area contributed by atoms with Crippen LogP contribution < -0.4 is 10.5 Å². The van der Waals surface area contributed by atoms with Crippen molar-refractivity contribution in [3.8, 4) is 5.75 Å². The van der Waals surface area contributed by atoms with Crippen molar-refractivity contribution in [3.05, 3.63) is 29.3 Å². The molecule has 1 aromatic carbocycles. The van der Waals surface area contributed by atoms with E-state index in [1.807, 2.05) is 6.07 Å². The molecular formula is C12H15NO. The normalized spacial score (nSPS) is 26.3. The van der Waals surface area contributed by atoms with Crippen molar-refractivity contribution < 1.29 is 4.74 Å². The topological polar surface area (TPSA) is 35.2 Å². The number of nitrogens with two attached hydrogens (primary N) is 1. The standard InChI is InChI=1S/C12H15NO/c1-14-11-4-2-3-8-9(11)7-10(8)12(13)5-6-12/h2-4,10H,5-7,13H2,1H3. The molecule has 2 heteroatoms. The van der Waals surface area contributed by atoms with Crippen LogP contribution in [0.1, 0.15) is 29.9 Å². The van der Waals surface area contributed by atoms with Crippen molar-refractivity contribution in [2.24, 2.45) is 5.73 Å². The zero-order chi connectivity index (χ0) is 9.76. The molecule has 0 aromatic heterocycles. The molecule has 0 saturated heterocycles. The first kappa shape index (κ1) is 8.30. The number of hydrogen-bond acceptors (Lipinski definition) is 2. The van der Waals surface area contributed by atoms with Crippen LogP contribution in [0.4, 0.5) is 0 Å². The zero-order valence-electron chi connectivity index (χ0n) is 8.42. The van der Waals surface area contributed by atoms with Crippen LogP contribution >= 0.6 is 0 Å². The summed E-state index contributed by atoms with van der Waals surface area (Å²) in [6.45, 7) is 0. The van der Waals surface area contributed by atoms with E-state index >= 15 is 0 Å². The fraction of sp³-hybridized carbons (Fsp3) is 0.500. The number of rotatable bonds is 2. The van der Waals surface area contributed by atoms with E-state index in [1.54, 1.807) is 7.11 Å². The summed E-state index contributed by atoms with van der Waals surface area (Å²) in [7, 11) is 1.73. The molecule has 2 aliphatic carbocycles. The Morgan fingerprint density at radius 1 is 1.43 bits per heavy atom. The molecule has 3 rings (SSSR count). The molecule has 2 aliphatic rings. The Morgan fingerprint density at radius 3 is 2.86 bits per heavy atom. The van der Waals surface area contributed by atoms with Gasteiger partial charge in [-0.15, -0.1) is 0 Å². The molecule has 1 atom stereocenters. The first-order valence-electron chi connectivity index (χ1n) is 5.19. The molecule has 14 heavy (non-hydrogen) atoms. The van der Waals surface area contributed by atoms with Crippen molar-refractivity contribution in [3.63, 3.8) is 0 Å². The highest BCUT2D eigenvalue weighted by molar-refractivity contribution is 5.52. The van der Waals surface area contributed by atoms with Crippen LogP contribution in [0.15, 0.2) is 18.2 Å². The van der Waals surface area contributed by atoms with Crippen LogP contribution in [0.3, 0.4) is 0 Å². The van der Waals surface area contributed by atoms with Crippen LogP contribution in [0.5, 0.6) is 5.75 Å². The van der Waals surface area contributed by atoms with Gasteiger partial charge in [0.1, 0.15) is 5.75 Å². The molecule has 0 amide bonds. The Bertz CT molecular complexity index is 382. The summed E-state index contributed by atoms with van der Waals surface area (Å²) >= 11 is 0. The van der Waals surface area contributed by atoms with E-state index in [4.69, 9.17) is 10.5 Å². The molecule has 0 heterocycles. The van der Waals surface area contributed by atoms with E-state index in [1.165, 1.54) is 24.0 Å². The van der Waals surface area contributed by atoms with Gasteiger partial charge >= 0.3 is 0 Å². The second-order valence-corrected chi connectivity index (χ2v) is 4.52. The first-order chi connectivity index (χ1) is 6.74. The smallest absolute Gasteiger partial charge is 0.122 e. The number of benzene rings is 1. The number of fused-ring (bicyclic) bond motifs is 1. The molecule has 0 radical (unpaired) electrons. The van der Waals surface area contributed by atoms with Gasteiger partial charge in [-0.25, -0.2) is 0 Å². The quantitative estimate of drug-likeness (QED) is 0.770. The first-order valence-corrected chi connectivity index (χ1v) is 5.19. The number of ether oxygens (including phenoxy) is 1. The zero-order valence-corrected chi connectivity index (χ0v) is 8.42. The summed E-state index contributed by atoms with van der Waals surface area (Å²) in [6.07, 6.45) is 3.48. The maximum Gasteiger partial charge on any atom is 0.122 e. The van der Waals surface area contributed by atoms with Gasteiger partial charge in [-0.05, 0) is 36.5 Å². The van der Waals surface area contributed by atoms with Gasteiger partial charge in [0.2, 0.25) is 0 Å². The SMILES string of the molecule is COc1cccc2c1CC2C1(N)CC1. The second-order valence-electron chi connectivity index (χ2n) is 4.52. The average molecular weight is 189 g/mol. The van der Waals surface area contributed by atoms with E-state index in [9.17, 15) is 0 Å². The lowest BCUT2D eigenvalue weighted by Gasteiger charge is -2.36. The Balaban J connectivity index is 1.97. The maximum absolute atomic E-state index is 6.22. The summed E-state index contributed by atoms with van der Waals surface area (Å²) in [6, 6.07) is 6.29. The summed E-state index contributed by atoms with van der Waals surface area (Å²) in [5.41, 5.74) is 9.13. The third-order valence-corrected chi connectivity index (χ3v) is 3.69. The highest BCUT2D eigenvalue weighted by atomic mass is 16.5. The monoisotopic (exact) mass is 189 g/mol. The lowest BCUT2D eigenvalue weighted by atomic mass is 9.72. The molecule has 1 fully saturated rings. The van der Waals surface area contributed by atoms with Gasteiger partial charge in [0.15, 0.2) is 0 Å². The minimum absolute atomic E-state index is 0.124. The summed E-state index contributed by atoms with van der Waals surface area (Å²) in [5.74, 6) is 1.62. The lowest BCUT2D eigenvalue weighted by Crippen LogP contribution is -2.37. The van der Waals surface area contributed by atoms with Crippen molar-refractivity contribution in [1.29, 1.82) is 0 Å². The maximum atomic E-state index is 6.22. The fourth-order valence-corrected chi connectivity index (χ4v) is 2.51. The van der Waals surface area contributed by atoms with Gasteiger partial charge in [0.05, 0.1) is 7.11 Å². The summed E-state index contributed by atoms with van der Waals surface area (Å²) in [4.78, 5) is 0. The van der Waals surface area contributed by atoms with Crippen LogP contribution in [0, 0.1) is 0 Å².